The summed E-state index contributed by atoms with van der Waals surface area (Å²) in [6, 6.07) is 20.6. The summed E-state index contributed by atoms with van der Waals surface area (Å²) in [5.74, 6) is -4.65. The fourth-order valence-corrected chi connectivity index (χ4v) is 8.63. The van der Waals surface area contributed by atoms with E-state index in [1.54, 1.807) is 24.1 Å². The van der Waals surface area contributed by atoms with Crippen molar-refractivity contribution >= 4 is 53.3 Å². The summed E-state index contributed by atoms with van der Waals surface area (Å²) in [6.45, 7) is 4.78. The Balaban J connectivity index is 1.15. The summed E-state index contributed by atoms with van der Waals surface area (Å²) in [5.41, 5.74) is 3.13. The Hall–Kier alpha value is -6.89. The normalized spacial score (nSPS) is 16.1. The maximum atomic E-state index is 13.7. The highest BCUT2D eigenvalue weighted by atomic mass is 19.1. The van der Waals surface area contributed by atoms with Gasteiger partial charge in [0.2, 0.25) is 17.7 Å². The molecule has 0 aromatic heterocycles. The van der Waals surface area contributed by atoms with Crippen LogP contribution in [-0.4, -0.2) is 97.4 Å². The van der Waals surface area contributed by atoms with Gasteiger partial charge in [0.05, 0.1) is 31.7 Å². The fraction of sp³-hybridized carbons (Fsp3) is 0.519. The highest BCUT2D eigenvalue weighted by Crippen LogP contribution is 2.46. The Morgan fingerprint density at radius 2 is 1.14 bits per heavy atom. The maximum Gasteiger partial charge on any atom is 0.303 e. The molecule has 3 N–H and O–H groups in total. The zero-order valence-corrected chi connectivity index (χ0v) is 42.6. The van der Waals surface area contributed by atoms with Gasteiger partial charge in [-0.05, 0) is 78.8 Å². The van der Waals surface area contributed by atoms with Crippen molar-refractivity contribution in [1.82, 2.24) is 10.6 Å². The number of hydrogen-bond acceptors (Lipinski definition) is 15. The molecule has 73 heavy (non-hydrogen) atoms. The lowest BCUT2D eigenvalue weighted by Crippen LogP contribution is -2.55. The van der Waals surface area contributed by atoms with Gasteiger partial charge in [-0.1, -0.05) is 74.9 Å². The van der Waals surface area contributed by atoms with Crippen molar-refractivity contribution in [3.63, 3.8) is 0 Å². The summed E-state index contributed by atoms with van der Waals surface area (Å²) < 4.78 is 45.2. The van der Waals surface area contributed by atoms with Crippen LogP contribution < -0.4 is 20.3 Å². The third-order valence-corrected chi connectivity index (χ3v) is 12.2. The Morgan fingerprint density at radius 1 is 0.630 bits per heavy atom. The van der Waals surface area contributed by atoms with Crippen molar-refractivity contribution in [2.24, 2.45) is 5.92 Å². The number of carbonyl (C=O) groups is 8. The van der Waals surface area contributed by atoms with E-state index in [1.807, 2.05) is 48.5 Å². The smallest absolute Gasteiger partial charge is 0.303 e. The molecular weight excluding hydrogens is 950 g/mol. The maximum absolute atomic E-state index is 13.7. The van der Waals surface area contributed by atoms with E-state index in [0.717, 1.165) is 96.4 Å². The molecule has 0 saturated carbocycles. The molecule has 1 saturated heterocycles. The van der Waals surface area contributed by atoms with E-state index in [1.165, 1.54) is 12.1 Å². The molecule has 1 fully saturated rings. The van der Waals surface area contributed by atoms with E-state index in [4.69, 9.17) is 28.4 Å². The van der Waals surface area contributed by atoms with Crippen molar-refractivity contribution in [3.8, 4) is 5.75 Å². The van der Waals surface area contributed by atoms with E-state index in [-0.39, 0.29) is 48.5 Å². The van der Waals surface area contributed by atoms with E-state index in [0.29, 0.717) is 43.5 Å². The average molecular weight is 1020 g/mol. The number of methoxy groups -OCH3 is 1. The second-order valence-corrected chi connectivity index (χ2v) is 18.0. The summed E-state index contributed by atoms with van der Waals surface area (Å²) in [7, 11) is 1.59. The van der Waals surface area contributed by atoms with Crippen molar-refractivity contribution < 1.29 is 76.3 Å². The van der Waals surface area contributed by atoms with Crippen LogP contribution in [0.3, 0.4) is 0 Å². The van der Waals surface area contributed by atoms with Crippen LogP contribution in [0.5, 0.6) is 5.75 Å². The average Bonchev–Trinajstić information content (AvgIpc) is 3.34. The lowest BCUT2D eigenvalue weighted by Gasteiger charge is -2.48. The number of ether oxygens (including phenoxy) is 6. The second-order valence-electron chi connectivity index (χ2n) is 18.0. The molecule has 1 aliphatic rings. The fourth-order valence-electron chi connectivity index (χ4n) is 8.63. The topological polar surface area (TPSA) is 239 Å². The molecule has 3 amide bonds. The van der Waals surface area contributed by atoms with Gasteiger partial charge in [0.1, 0.15) is 18.2 Å². The number of rotatable bonds is 31. The van der Waals surface area contributed by atoms with Gasteiger partial charge in [-0.25, -0.2) is 4.39 Å². The zero-order chi connectivity index (χ0) is 53.5. The van der Waals surface area contributed by atoms with Gasteiger partial charge in [0, 0.05) is 59.7 Å². The molecule has 3 aromatic rings. The summed E-state index contributed by atoms with van der Waals surface area (Å²) in [4.78, 5) is 101. The number of anilines is 1. The zero-order valence-electron chi connectivity index (χ0n) is 42.6. The van der Waals surface area contributed by atoms with Crippen LogP contribution in [0.1, 0.15) is 141 Å². The Morgan fingerprint density at radius 3 is 1.66 bits per heavy atom. The quantitative estimate of drug-likeness (QED) is 0.0255. The number of benzene rings is 3. The number of β-lactam (4-membered cyclic amide) rings is 1. The van der Waals surface area contributed by atoms with Crippen LogP contribution in [0.15, 0.2) is 72.8 Å². The van der Waals surface area contributed by atoms with Crippen molar-refractivity contribution in [3.05, 3.63) is 95.3 Å². The molecule has 0 spiro atoms. The number of amides is 3. The Labute approximate surface area is 425 Å². The Kier molecular flexibility index (Phi) is 24.3. The van der Waals surface area contributed by atoms with Gasteiger partial charge in [0.15, 0.2) is 24.4 Å². The lowest BCUT2D eigenvalue weighted by molar-refractivity contribution is -0.202. The van der Waals surface area contributed by atoms with Crippen molar-refractivity contribution in [2.75, 3.05) is 25.2 Å². The van der Waals surface area contributed by atoms with Crippen molar-refractivity contribution in [2.45, 2.75) is 155 Å². The van der Waals surface area contributed by atoms with E-state index < -0.39 is 67.0 Å². The number of aliphatic hydroxyl groups is 1. The minimum atomic E-state index is -1.60. The van der Waals surface area contributed by atoms with Gasteiger partial charge < -0.3 is 49.1 Å². The first-order valence-corrected chi connectivity index (χ1v) is 24.7. The number of hydrogen-bond donors (Lipinski definition) is 3. The number of halogens is 1. The molecule has 0 bridgehead atoms. The summed E-state index contributed by atoms with van der Waals surface area (Å²) in [5, 5.41) is 16.4. The minimum Gasteiger partial charge on any atom is -0.497 e. The number of unbranched alkanes of at least 4 members (excludes halogenated alkanes) is 7. The van der Waals surface area contributed by atoms with Gasteiger partial charge in [-0.2, -0.15) is 0 Å². The molecule has 398 valence electrons. The number of nitrogens with one attached hydrogen (secondary N) is 2. The number of nitrogens with zero attached hydrogens (tertiary/aromatic N) is 1. The third kappa shape index (κ3) is 19.9. The van der Waals surface area contributed by atoms with Gasteiger partial charge in [-0.15, -0.1) is 0 Å². The van der Waals surface area contributed by atoms with Crippen LogP contribution in [0.25, 0.3) is 0 Å². The largest absolute Gasteiger partial charge is 0.497 e. The number of esters is 5. The van der Waals surface area contributed by atoms with Crippen molar-refractivity contribution in [1.29, 1.82) is 0 Å². The molecule has 19 heteroatoms. The summed E-state index contributed by atoms with van der Waals surface area (Å²) in [6.07, 6.45) is 1.16. The van der Waals surface area contributed by atoms with Crippen LogP contribution >= 0.6 is 0 Å². The predicted octanol–water partition coefficient (Wildman–Crippen LogP) is 6.98. The number of carbonyl (C=O) groups excluding carboxylic acids is 8. The van der Waals surface area contributed by atoms with Crippen LogP contribution in [0.4, 0.5) is 10.1 Å². The highest BCUT2D eigenvalue weighted by Gasteiger charge is 2.48. The molecule has 1 aliphatic heterocycles. The van der Waals surface area contributed by atoms with Crippen LogP contribution in [-0.2, 0) is 68.6 Å². The van der Waals surface area contributed by atoms with Gasteiger partial charge in [-0.3, -0.25) is 38.4 Å². The predicted molar refractivity (Wildman–Crippen MR) is 264 cm³/mol. The SMILES string of the molecule is COc1ccc([C@@H]2[C@@H](CC[C@H](O)c3ccc(F)cc3)C(=O)N2c2ccc(CNC(=O)CCCCCCCCCCC(=O)NC[C@H](OC(C)=O)[C@@H](OC(C)=O)[C@H](OC(C)=O)[C@@H](COC(C)=O)OC(C)=O)cc2)cc1. The van der Waals surface area contributed by atoms with Gasteiger partial charge >= 0.3 is 29.8 Å². The molecule has 4 rings (SSSR count). The first kappa shape index (κ1) is 58.7. The monoisotopic (exact) mass is 1020 g/mol. The first-order valence-electron chi connectivity index (χ1n) is 24.7. The molecule has 0 radical (unpaired) electrons. The van der Waals surface area contributed by atoms with E-state index in [2.05, 4.69) is 10.6 Å². The lowest BCUT2D eigenvalue weighted by atomic mass is 9.78. The number of aliphatic hydroxyl groups excluding tert-OH is 1. The summed E-state index contributed by atoms with van der Waals surface area (Å²) >= 11 is 0. The molecular formula is C54H70FN3O15. The minimum absolute atomic E-state index is 0.0544. The molecule has 0 unspecified atom stereocenters. The molecule has 7 atom stereocenters. The Bertz CT molecular complexity index is 2290. The molecule has 1 heterocycles. The highest BCUT2D eigenvalue weighted by molar-refractivity contribution is 6.03. The third-order valence-electron chi connectivity index (χ3n) is 12.2. The van der Waals surface area contributed by atoms with E-state index in [9.17, 15) is 47.9 Å². The molecule has 0 aliphatic carbocycles. The standard InChI is InChI=1S/C54H70FN3O15/c1-34(59)69-33-48(71-36(3)61)53(73-38(5)63)52(72-37(4)62)47(70-35(2)60)32-57-50(66)16-14-12-10-8-7-9-11-13-15-49(65)56-31-39-17-25-43(26-18-39)58-51(41-21-27-44(68-6)28-22-41)45(54(58)67)29-30-46(64)40-19-23-42(55)24-20-40/h17-28,45-48,51-53,64H,7-16,29-33H2,1-6H3,(H,56,65)(H,57,66)/t45-,46+,47+,48-,51-,52-,53-/m1/s1. The molecule has 18 nitrogen and oxygen atoms in total. The van der Waals surface area contributed by atoms with Gasteiger partial charge in [0.25, 0.3) is 0 Å². The van der Waals surface area contributed by atoms with Crippen LogP contribution in [0.2, 0.25) is 0 Å². The first-order chi connectivity index (χ1) is 34.9. The van der Waals surface area contributed by atoms with E-state index >= 15 is 0 Å². The second kappa shape index (κ2) is 30.2. The molecule has 3 aromatic carbocycles. The van der Waals surface area contributed by atoms with Crippen LogP contribution in [0, 0.1) is 11.7 Å².